The minimum atomic E-state index is -0.202. The van der Waals surface area contributed by atoms with Crippen LogP contribution in [0.15, 0.2) is 0 Å². The number of nitrogens with zero attached hydrogens (tertiary/aromatic N) is 2. The van der Waals surface area contributed by atoms with E-state index < -0.39 is 0 Å². The number of likely N-dealkylation sites (tertiary alicyclic amines) is 2. The van der Waals surface area contributed by atoms with Crippen LogP contribution in [0.1, 0.15) is 65.7 Å². The van der Waals surface area contributed by atoms with E-state index in [2.05, 4.69) is 13.8 Å². The van der Waals surface area contributed by atoms with Crippen molar-refractivity contribution in [3.8, 4) is 0 Å². The molecule has 120 valence electrons. The Morgan fingerprint density at radius 1 is 1.14 bits per heavy atom. The summed E-state index contributed by atoms with van der Waals surface area (Å²) >= 11 is 0. The summed E-state index contributed by atoms with van der Waals surface area (Å²) in [6.45, 7) is 8.92. The van der Waals surface area contributed by atoms with Crippen molar-refractivity contribution in [3.05, 3.63) is 0 Å². The maximum atomic E-state index is 12.9. The third-order valence-electron chi connectivity index (χ3n) is 4.78. The molecule has 0 aromatic heterocycles. The number of rotatable bonds is 3. The van der Waals surface area contributed by atoms with Crippen molar-refractivity contribution in [1.29, 1.82) is 0 Å². The molecule has 1 atom stereocenters. The van der Waals surface area contributed by atoms with E-state index >= 15 is 0 Å². The average Bonchev–Trinajstić information content (AvgIpc) is 2.45. The highest BCUT2D eigenvalue weighted by molar-refractivity contribution is 5.88. The first-order valence-corrected chi connectivity index (χ1v) is 8.53. The van der Waals surface area contributed by atoms with Gasteiger partial charge in [-0.1, -0.05) is 20.8 Å². The van der Waals surface area contributed by atoms with E-state index in [0.29, 0.717) is 6.42 Å². The van der Waals surface area contributed by atoms with Crippen LogP contribution in [-0.4, -0.2) is 47.3 Å². The molecular weight excluding hydrogens is 264 g/mol. The van der Waals surface area contributed by atoms with Crippen LogP contribution in [0, 0.1) is 5.41 Å². The van der Waals surface area contributed by atoms with E-state index in [0.717, 1.165) is 51.7 Å². The lowest BCUT2D eigenvalue weighted by Crippen LogP contribution is -2.55. The monoisotopic (exact) mass is 294 g/mol. The average molecular weight is 294 g/mol. The number of hydrogen-bond donors (Lipinski definition) is 0. The zero-order valence-electron chi connectivity index (χ0n) is 13.9. The maximum Gasteiger partial charge on any atom is 0.245 e. The van der Waals surface area contributed by atoms with Crippen molar-refractivity contribution in [3.63, 3.8) is 0 Å². The van der Waals surface area contributed by atoms with Gasteiger partial charge in [-0.2, -0.15) is 0 Å². The summed E-state index contributed by atoms with van der Waals surface area (Å²) in [5, 5.41) is 0. The Balaban J connectivity index is 2.06. The molecule has 0 N–H and O–H groups in total. The number of carbonyl (C=O) groups excluding carboxylic acids is 2. The smallest absolute Gasteiger partial charge is 0.245 e. The summed E-state index contributed by atoms with van der Waals surface area (Å²) in [6.07, 6.45) is 6.61. The van der Waals surface area contributed by atoms with Crippen LogP contribution in [0.3, 0.4) is 0 Å². The molecule has 21 heavy (non-hydrogen) atoms. The predicted octanol–water partition coefficient (Wildman–Crippen LogP) is 2.82. The summed E-state index contributed by atoms with van der Waals surface area (Å²) in [4.78, 5) is 29.0. The third-order valence-corrected chi connectivity index (χ3v) is 4.78. The molecule has 0 unspecified atom stereocenters. The fraction of sp³-hybridized carbons (Fsp3) is 0.882. The third kappa shape index (κ3) is 3.98. The van der Waals surface area contributed by atoms with E-state index in [1.165, 1.54) is 6.42 Å². The largest absolute Gasteiger partial charge is 0.340 e. The Labute approximate surface area is 128 Å². The molecule has 2 rings (SSSR count). The molecule has 2 aliphatic rings. The van der Waals surface area contributed by atoms with Crippen LogP contribution in [0.2, 0.25) is 0 Å². The van der Waals surface area contributed by atoms with Crippen LogP contribution in [0.5, 0.6) is 0 Å². The highest BCUT2D eigenvalue weighted by Crippen LogP contribution is 2.30. The van der Waals surface area contributed by atoms with Gasteiger partial charge in [-0.25, -0.2) is 0 Å². The molecule has 0 bridgehead atoms. The van der Waals surface area contributed by atoms with Crippen LogP contribution in [0.25, 0.3) is 0 Å². The van der Waals surface area contributed by atoms with Gasteiger partial charge in [0.15, 0.2) is 0 Å². The molecule has 2 amide bonds. The molecule has 2 fully saturated rings. The topological polar surface area (TPSA) is 40.6 Å². The number of hydrogen-bond acceptors (Lipinski definition) is 2. The van der Waals surface area contributed by atoms with Crippen molar-refractivity contribution in [1.82, 2.24) is 9.80 Å². The summed E-state index contributed by atoms with van der Waals surface area (Å²) in [5.74, 6) is 0.346. The maximum absolute atomic E-state index is 12.9. The Morgan fingerprint density at radius 2 is 1.90 bits per heavy atom. The molecule has 2 saturated heterocycles. The van der Waals surface area contributed by atoms with Gasteiger partial charge in [0.25, 0.3) is 0 Å². The van der Waals surface area contributed by atoms with Gasteiger partial charge in [-0.05, 0) is 43.9 Å². The molecule has 0 aromatic carbocycles. The highest BCUT2D eigenvalue weighted by Gasteiger charge is 2.37. The van der Waals surface area contributed by atoms with Crippen molar-refractivity contribution in [2.45, 2.75) is 71.8 Å². The minimum Gasteiger partial charge on any atom is -0.340 e. The second-order valence-corrected chi connectivity index (χ2v) is 7.38. The first-order valence-electron chi connectivity index (χ1n) is 8.53. The Hall–Kier alpha value is -1.06. The quantitative estimate of drug-likeness (QED) is 0.803. The summed E-state index contributed by atoms with van der Waals surface area (Å²) in [5.41, 5.74) is 0.209. The number of piperidine rings is 2. The van der Waals surface area contributed by atoms with Crippen molar-refractivity contribution in [2.24, 2.45) is 5.41 Å². The molecular formula is C17H30N2O2. The lowest BCUT2D eigenvalue weighted by molar-refractivity contribution is -0.149. The van der Waals surface area contributed by atoms with Crippen molar-refractivity contribution < 1.29 is 9.59 Å². The number of carbonyl (C=O) groups is 2. The fourth-order valence-electron chi connectivity index (χ4n) is 3.67. The molecule has 0 saturated carbocycles. The van der Waals surface area contributed by atoms with Crippen molar-refractivity contribution in [2.75, 3.05) is 19.6 Å². The van der Waals surface area contributed by atoms with Crippen molar-refractivity contribution >= 4 is 11.8 Å². The van der Waals surface area contributed by atoms with Crippen LogP contribution >= 0.6 is 0 Å². The van der Waals surface area contributed by atoms with Gasteiger partial charge in [0.2, 0.25) is 11.8 Å². The molecule has 2 heterocycles. The first-order chi connectivity index (χ1) is 9.94. The van der Waals surface area contributed by atoms with Gasteiger partial charge >= 0.3 is 0 Å². The van der Waals surface area contributed by atoms with Gasteiger partial charge in [0, 0.05) is 26.1 Å². The molecule has 0 spiro atoms. The Morgan fingerprint density at radius 3 is 2.57 bits per heavy atom. The van der Waals surface area contributed by atoms with E-state index in [4.69, 9.17) is 0 Å². The lowest BCUT2D eigenvalue weighted by atomic mass is 9.83. The summed E-state index contributed by atoms with van der Waals surface area (Å²) < 4.78 is 0. The zero-order valence-corrected chi connectivity index (χ0v) is 13.9. The Bertz CT molecular complexity index is 392. The van der Waals surface area contributed by atoms with Gasteiger partial charge in [0.05, 0.1) is 0 Å². The molecule has 0 radical (unpaired) electrons. The van der Waals surface area contributed by atoms with Crippen LogP contribution in [-0.2, 0) is 9.59 Å². The normalized spacial score (nSPS) is 25.8. The van der Waals surface area contributed by atoms with Gasteiger partial charge < -0.3 is 9.80 Å². The fourth-order valence-corrected chi connectivity index (χ4v) is 3.67. The van der Waals surface area contributed by atoms with E-state index in [1.54, 1.807) is 0 Å². The second-order valence-electron chi connectivity index (χ2n) is 7.38. The molecule has 0 aromatic rings. The molecule has 4 nitrogen and oxygen atoms in total. The van der Waals surface area contributed by atoms with Crippen LogP contribution < -0.4 is 0 Å². The molecule has 4 heteroatoms. The summed E-state index contributed by atoms with van der Waals surface area (Å²) in [6, 6.07) is -0.202. The Kier molecular flexibility index (Phi) is 5.28. The van der Waals surface area contributed by atoms with Crippen LogP contribution in [0.4, 0.5) is 0 Å². The van der Waals surface area contributed by atoms with E-state index in [9.17, 15) is 9.59 Å². The van der Waals surface area contributed by atoms with E-state index in [-0.39, 0.29) is 23.3 Å². The van der Waals surface area contributed by atoms with Gasteiger partial charge in [-0.3, -0.25) is 9.59 Å². The predicted molar refractivity (Wildman–Crippen MR) is 83.9 cm³/mol. The summed E-state index contributed by atoms with van der Waals surface area (Å²) in [7, 11) is 0. The second kappa shape index (κ2) is 6.80. The van der Waals surface area contributed by atoms with Gasteiger partial charge in [-0.15, -0.1) is 0 Å². The number of amides is 2. The highest BCUT2D eigenvalue weighted by atomic mass is 16.2. The van der Waals surface area contributed by atoms with E-state index in [1.807, 2.05) is 16.7 Å². The standard InChI is InChI=1S/C17H30N2O2/c1-4-8-15(20)19-12-6-5-9-14(19)16(21)18-11-7-10-17(2,3)13-18/h14H,4-13H2,1-3H3/t14-/m1/s1. The lowest BCUT2D eigenvalue weighted by Gasteiger charge is -2.42. The SMILES string of the molecule is CCCC(=O)N1CCCC[C@@H]1C(=O)N1CCCC(C)(C)C1. The molecule has 2 aliphatic heterocycles. The zero-order chi connectivity index (χ0) is 15.5. The molecule has 0 aliphatic carbocycles. The van der Waals surface area contributed by atoms with Gasteiger partial charge in [0.1, 0.15) is 6.04 Å². The first kappa shape index (κ1) is 16.3. The minimum absolute atomic E-state index is 0.159.